The molecule has 0 aliphatic rings. The van der Waals surface area contributed by atoms with Crippen molar-refractivity contribution in [1.82, 2.24) is 20.2 Å². The molecule has 7 heteroatoms. The normalized spacial score (nSPS) is 12.3. The molecular weight excluding hydrogens is 294 g/mol. The van der Waals surface area contributed by atoms with Crippen LogP contribution in [-0.2, 0) is 0 Å². The van der Waals surface area contributed by atoms with Gasteiger partial charge >= 0.3 is 0 Å². The highest BCUT2D eigenvalue weighted by atomic mass is 35.5. The number of tetrazole rings is 1. The van der Waals surface area contributed by atoms with Gasteiger partial charge in [0.25, 0.3) is 0 Å². The monoisotopic (exact) mass is 305 g/mol. The molecule has 0 aliphatic carbocycles. The number of halogens is 1. The third-order valence-corrected chi connectivity index (χ3v) is 4.07. The minimum atomic E-state index is 0.149. The maximum absolute atomic E-state index is 5.98. The highest BCUT2D eigenvalue weighted by Gasteiger charge is 2.11. The van der Waals surface area contributed by atoms with Gasteiger partial charge in [0.2, 0.25) is 0 Å². The van der Waals surface area contributed by atoms with Crippen LogP contribution in [0.2, 0.25) is 4.34 Å². The van der Waals surface area contributed by atoms with Crippen LogP contribution in [0.15, 0.2) is 42.0 Å². The van der Waals surface area contributed by atoms with Crippen LogP contribution in [0.25, 0.3) is 5.69 Å². The molecular formula is C13H12ClN5S. The Labute approximate surface area is 125 Å². The summed E-state index contributed by atoms with van der Waals surface area (Å²) in [5.41, 5.74) is 3.03. The van der Waals surface area contributed by atoms with E-state index < -0.39 is 0 Å². The van der Waals surface area contributed by atoms with Gasteiger partial charge in [0, 0.05) is 6.04 Å². The van der Waals surface area contributed by atoms with Crippen LogP contribution in [0.3, 0.4) is 0 Å². The summed E-state index contributed by atoms with van der Waals surface area (Å²) in [5.74, 6) is 0. The zero-order valence-electron chi connectivity index (χ0n) is 10.7. The Bertz CT molecular complexity index is 694. The second kappa shape index (κ2) is 5.60. The van der Waals surface area contributed by atoms with E-state index in [-0.39, 0.29) is 6.04 Å². The number of anilines is 1. The standard InChI is InChI=1S/C13H12ClN5S/c1-9(10-6-13(14)20-7-10)16-11-4-2-3-5-12(11)19-8-15-17-18-19/h2-9,16H,1H3. The molecule has 0 fully saturated rings. The second-order valence-electron chi connectivity index (χ2n) is 4.32. The summed E-state index contributed by atoms with van der Waals surface area (Å²) in [6, 6.07) is 10.0. The lowest BCUT2D eigenvalue weighted by Gasteiger charge is -2.16. The molecule has 1 unspecified atom stereocenters. The van der Waals surface area contributed by atoms with Crippen molar-refractivity contribution in [3.05, 3.63) is 51.9 Å². The number of benzene rings is 1. The van der Waals surface area contributed by atoms with Crippen LogP contribution >= 0.6 is 22.9 Å². The minimum absolute atomic E-state index is 0.149. The first-order valence-corrected chi connectivity index (χ1v) is 7.32. The van der Waals surface area contributed by atoms with Gasteiger partial charge in [-0.2, -0.15) is 4.68 Å². The number of hydrogen-bond donors (Lipinski definition) is 1. The third-order valence-electron chi connectivity index (χ3n) is 2.96. The SMILES string of the molecule is CC(Nc1ccccc1-n1cnnn1)c1csc(Cl)c1. The maximum atomic E-state index is 5.98. The van der Waals surface area contributed by atoms with Crippen LogP contribution in [-0.4, -0.2) is 20.2 Å². The predicted molar refractivity (Wildman–Crippen MR) is 80.5 cm³/mol. The molecule has 2 heterocycles. The fourth-order valence-corrected chi connectivity index (χ4v) is 2.92. The first-order chi connectivity index (χ1) is 9.74. The van der Waals surface area contributed by atoms with Crippen molar-refractivity contribution in [2.75, 3.05) is 5.32 Å². The van der Waals surface area contributed by atoms with Crippen molar-refractivity contribution >= 4 is 28.6 Å². The van der Waals surface area contributed by atoms with Gasteiger partial charge in [-0.3, -0.25) is 0 Å². The van der Waals surface area contributed by atoms with Crippen LogP contribution in [0.5, 0.6) is 0 Å². The summed E-state index contributed by atoms with van der Waals surface area (Å²) in [5, 5.41) is 16.8. The molecule has 0 saturated heterocycles. The third kappa shape index (κ3) is 2.66. The Morgan fingerprint density at radius 3 is 2.90 bits per heavy atom. The van der Waals surface area contributed by atoms with Crippen LogP contribution < -0.4 is 5.32 Å². The molecule has 0 bridgehead atoms. The van der Waals surface area contributed by atoms with Crippen molar-refractivity contribution in [1.29, 1.82) is 0 Å². The zero-order chi connectivity index (χ0) is 13.9. The van der Waals surface area contributed by atoms with E-state index in [1.54, 1.807) is 11.0 Å². The Balaban J connectivity index is 1.88. The largest absolute Gasteiger partial charge is 0.377 e. The summed E-state index contributed by atoms with van der Waals surface area (Å²) in [6.45, 7) is 2.09. The Hall–Kier alpha value is -1.92. The number of para-hydroxylation sites is 2. The molecule has 5 nitrogen and oxygen atoms in total. The van der Waals surface area contributed by atoms with Gasteiger partial charge in [-0.05, 0) is 46.5 Å². The van der Waals surface area contributed by atoms with Gasteiger partial charge in [-0.1, -0.05) is 23.7 Å². The van der Waals surface area contributed by atoms with Gasteiger partial charge in [-0.15, -0.1) is 16.4 Å². The van der Waals surface area contributed by atoms with E-state index in [1.165, 1.54) is 11.3 Å². The average Bonchev–Trinajstić information content (AvgIpc) is 3.10. The van der Waals surface area contributed by atoms with Gasteiger partial charge in [0.1, 0.15) is 6.33 Å². The van der Waals surface area contributed by atoms with Crippen LogP contribution in [0, 0.1) is 0 Å². The number of hydrogen-bond acceptors (Lipinski definition) is 5. The molecule has 3 aromatic rings. The molecule has 1 N–H and O–H groups in total. The molecule has 0 radical (unpaired) electrons. The minimum Gasteiger partial charge on any atom is -0.377 e. The summed E-state index contributed by atoms with van der Waals surface area (Å²) in [6.07, 6.45) is 1.58. The van der Waals surface area contributed by atoms with Crippen molar-refractivity contribution in [2.45, 2.75) is 13.0 Å². The lowest BCUT2D eigenvalue weighted by atomic mass is 10.1. The fourth-order valence-electron chi connectivity index (χ4n) is 1.93. The highest BCUT2D eigenvalue weighted by Crippen LogP contribution is 2.28. The zero-order valence-corrected chi connectivity index (χ0v) is 12.3. The van der Waals surface area contributed by atoms with E-state index in [0.29, 0.717) is 0 Å². The van der Waals surface area contributed by atoms with Gasteiger partial charge in [0.15, 0.2) is 0 Å². The average molecular weight is 306 g/mol. The molecule has 20 heavy (non-hydrogen) atoms. The van der Waals surface area contributed by atoms with Crippen LogP contribution in [0.1, 0.15) is 18.5 Å². The van der Waals surface area contributed by atoms with Gasteiger partial charge < -0.3 is 5.32 Å². The van der Waals surface area contributed by atoms with E-state index in [2.05, 4.69) is 33.1 Å². The van der Waals surface area contributed by atoms with Gasteiger partial charge in [0.05, 0.1) is 15.7 Å². The van der Waals surface area contributed by atoms with E-state index in [9.17, 15) is 0 Å². The smallest absolute Gasteiger partial charge is 0.143 e. The highest BCUT2D eigenvalue weighted by molar-refractivity contribution is 7.14. The van der Waals surface area contributed by atoms with Crippen molar-refractivity contribution in [3.63, 3.8) is 0 Å². The second-order valence-corrected chi connectivity index (χ2v) is 5.86. The van der Waals surface area contributed by atoms with Crippen molar-refractivity contribution in [3.8, 4) is 5.69 Å². The van der Waals surface area contributed by atoms with Gasteiger partial charge in [-0.25, -0.2) is 0 Å². The first-order valence-electron chi connectivity index (χ1n) is 6.07. The summed E-state index contributed by atoms with van der Waals surface area (Å²) >= 11 is 7.51. The first kappa shape index (κ1) is 13.1. The quantitative estimate of drug-likeness (QED) is 0.801. The molecule has 0 saturated carbocycles. The summed E-state index contributed by atoms with van der Waals surface area (Å²) in [4.78, 5) is 0. The molecule has 102 valence electrons. The number of thiophene rings is 1. The van der Waals surface area contributed by atoms with Crippen LogP contribution in [0.4, 0.5) is 5.69 Å². The maximum Gasteiger partial charge on any atom is 0.143 e. The summed E-state index contributed by atoms with van der Waals surface area (Å²) in [7, 11) is 0. The molecule has 0 aliphatic heterocycles. The van der Waals surface area contributed by atoms with E-state index in [1.807, 2.05) is 30.3 Å². The molecule has 0 spiro atoms. The van der Waals surface area contributed by atoms with Crippen molar-refractivity contribution in [2.24, 2.45) is 0 Å². The van der Waals surface area contributed by atoms with E-state index >= 15 is 0 Å². The summed E-state index contributed by atoms with van der Waals surface area (Å²) < 4.78 is 2.43. The Morgan fingerprint density at radius 2 is 2.20 bits per heavy atom. The predicted octanol–water partition coefficient (Wildman–Crippen LogP) is 3.55. The lowest BCUT2D eigenvalue weighted by Crippen LogP contribution is -2.09. The molecule has 1 aromatic carbocycles. The number of nitrogens with zero attached hydrogens (tertiary/aromatic N) is 4. The number of rotatable bonds is 4. The van der Waals surface area contributed by atoms with Crippen molar-refractivity contribution < 1.29 is 0 Å². The molecule has 1 atom stereocenters. The van der Waals surface area contributed by atoms with E-state index in [0.717, 1.165) is 21.3 Å². The number of aromatic nitrogens is 4. The molecule has 2 aromatic heterocycles. The molecule has 3 rings (SSSR count). The Morgan fingerprint density at radius 1 is 1.35 bits per heavy atom. The topological polar surface area (TPSA) is 55.6 Å². The fraction of sp³-hybridized carbons (Fsp3) is 0.154. The van der Waals surface area contributed by atoms with E-state index in [4.69, 9.17) is 11.6 Å². The number of nitrogens with one attached hydrogen (secondary N) is 1. The molecule has 0 amide bonds. The Kier molecular flexibility index (Phi) is 3.66. The lowest BCUT2D eigenvalue weighted by molar-refractivity contribution is 0.785.